The summed E-state index contributed by atoms with van der Waals surface area (Å²) in [6.07, 6.45) is 0. The maximum Gasteiger partial charge on any atom is 0.338 e. The molecule has 0 saturated heterocycles. The first-order valence-corrected chi connectivity index (χ1v) is 6.91. The van der Waals surface area contributed by atoms with E-state index in [1.807, 2.05) is 0 Å². The molecule has 0 aliphatic carbocycles. The Labute approximate surface area is 128 Å². The standard InChI is InChI=1S/C13H8Cl2FNO2S/c14-6-1-2-8(15)11(3-6)20-12-5-9(16)7(13(18)19)4-10(12)17/h1-5H,17H2,(H,18,19). The zero-order valence-corrected chi connectivity index (χ0v) is 12.2. The number of hydrogen-bond acceptors (Lipinski definition) is 3. The molecule has 2 aromatic carbocycles. The fraction of sp³-hybridized carbons (Fsp3) is 0. The van der Waals surface area contributed by atoms with Gasteiger partial charge in [0, 0.05) is 20.5 Å². The predicted octanol–water partition coefficient (Wildman–Crippen LogP) is 4.56. The molecule has 7 heteroatoms. The van der Waals surface area contributed by atoms with Crippen molar-refractivity contribution in [3.63, 3.8) is 0 Å². The van der Waals surface area contributed by atoms with Gasteiger partial charge in [-0.1, -0.05) is 35.0 Å². The largest absolute Gasteiger partial charge is 0.478 e. The smallest absolute Gasteiger partial charge is 0.338 e. The van der Waals surface area contributed by atoms with E-state index in [4.69, 9.17) is 34.0 Å². The van der Waals surface area contributed by atoms with Gasteiger partial charge in [0.05, 0.1) is 10.6 Å². The minimum absolute atomic E-state index is 0.157. The first-order chi connectivity index (χ1) is 9.38. The van der Waals surface area contributed by atoms with Crippen LogP contribution in [0.2, 0.25) is 10.0 Å². The molecule has 0 atom stereocenters. The molecule has 0 bridgehead atoms. The summed E-state index contributed by atoms with van der Waals surface area (Å²) >= 11 is 13.0. The third-order valence-corrected chi connectivity index (χ3v) is 4.25. The van der Waals surface area contributed by atoms with Gasteiger partial charge in [-0.05, 0) is 30.3 Å². The average molecular weight is 332 g/mol. The van der Waals surface area contributed by atoms with Gasteiger partial charge in [0.15, 0.2) is 0 Å². The van der Waals surface area contributed by atoms with Crippen molar-refractivity contribution in [3.8, 4) is 0 Å². The number of aromatic carboxylic acids is 1. The van der Waals surface area contributed by atoms with Crippen molar-refractivity contribution in [3.05, 3.63) is 51.8 Å². The molecule has 0 spiro atoms. The lowest BCUT2D eigenvalue weighted by Gasteiger charge is -2.09. The molecule has 3 N–H and O–H groups in total. The van der Waals surface area contributed by atoms with Crippen LogP contribution in [0, 0.1) is 5.82 Å². The molecule has 0 aliphatic rings. The lowest BCUT2D eigenvalue weighted by Crippen LogP contribution is -2.03. The Morgan fingerprint density at radius 3 is 2.55 bits per heavy atom. The second-order valence-electron chi connectivity index (χ2n) is 3.85. The van der Waals surface area contributed by atoms with Crippen molar-refractivity contribution in [2.75, 3.05) is 5.73 Å². The van der Waals surface area contributed by atoms with Crippen LogP contribution in [0.1, 0.15) is 10.4 Å². The second-order valence-corrected chi connectivity index (χ2v) is 5.78. The van der Waals surface area contributed by atoms with E-state index in [0.29, 0.717) is 19.8 Å². The van der Waals surface area contributed by atoms with Crippen molar-refractivity contribution >= 4 is 46.6 Å². The molecule has 0 aliphatic heterocycles. The third-order valence-electron chi connectivity index (χ3n) is 2.44. The van der Waals surface area contributed by atoms with Gasteiger partial charge >= 0.3 is 5.97 Å². The summed E-state index contributed by atoms with van der Waals surface area (Å²) in [6, 6.07) is 7.02. The Hall–Kier alpha value is -1.43. The summed E-state index contributed by atoms with van der Waals surface area (Å²) in [5.74, 6) is -2.22. The Kier molecular flexibility index (Phi) is 4.42. The summed E-state index contributed by atoms with van der Waals surface area (Å²) in [5, 5.41) is 9.74. The van der Waals surface area contributed by atoms with Gasteiger partial charge in [0.25, 0.3) is 0 Å². The highest BCUT2D eigenvalue weighted by molar-refractivity contribution is 7.99. The summed E-state index contributed by atoms with van der Waals surface area (Å²) in [5.41, 5.74) is 5.43. The molecule has 2 rings (SSSR count). The lowest BCUT2D eigenvalue weighted by atomic mass is 10.2. The number of carboxylic acids is 1. The van der Waals surface area contributed by atoms with E-state index in [2.05, 4.69) is 0 Å². The lowest BCUT2D eigenvalue weighted by molar-refractivity contribution is 0.0692. The highest BCUT2D eigenvalue weighted by Crippen LogP contribution is 2.38. The van der Waals surface area contributed by atoms with E-state index >= 15 is 0 Å². The van der Waals surface area contributed by atoms with Gasteiger partial charge in [-0.25, -0.2) is 9.18 Å². The molecule has 0 fully saturated rings. The minimum atomic E-state index is -1.37. The minimum Gasteiger partial charge on any atom is -0.478 e. The second kappa shape index (κ2) is 5.91. The highest BCUT2D eigenvalue weighted by Gasteiger charge is 2.15. The molecule has 0 radical (unpaired) electrons. The van der Waals surface area contributed by atoms with Crippen LogP contribution >= 0.6 is 35.0 Å². The molecule has 0 unspecified atom stereocenters. The van der Waals surface area contributed by atoms with Crippen LogP contribution in [-0.4, -0.2) is 11.1 Å². The molecule has 3 nitrogen and oxygen atoms in total. The maximum absolute atomic E-state index is 13.7. The number of benzene rings is 2. The van der Waals surface area contributed by atoms with Crippen LogP contribution in [-0.2, 0) is 0 Å². The zero-order chi connectivity index (χ0) is 14.9. The van der Waals surface area contributed by atoms with E-state index < -0.39 is 17.3 Å². The summed E-state index contributed by atoms with van der Waals surface area (Å²) in [6.45, 7) is 0. The molecule has 0 aromatic heterocycles. The van der Waals surface area contributed by atoms with E-state index in [1.54, 1.807) is 18.2 Å². The molecule has 104 valence electrons. The van der Waals surface area contributed by atoms with Crippen molar-refractivity contribution in [2.24, 2.45) is 0 Å². The Balaban J connectivity index is 2.42. The first kappa shape index (κ1) is 15.0. The van der Waals surface area contributed by atoms with Crippen molar-refractivity contribution in [2.45, 2.75) is 9.79 Å². The molecule has 0 amide bonds. The van der Waals surface area contributed by atoms with Gasteiger partial charge in [0.1, 0.15) is 5.82 Å². The average Bonchev–Trinajstić information content (AvgIpc) is 2.37. The van der Waals surface area contributed by atoms with Crippen LogP contribution in [0.25, 0.3) is 0 Å². The van der Waals surface area contributed by atoms with Gasteiger partial charge in [-0.15, -0.1) is 0 Å². The Bertz CT molecular complexity index is 694. The van der Waals surface area contributed by atoms with E-state index in [1.165, 1.54) is 0 Å². The van der Waals surface area contributed by atoms with Crippen LogP contribution in [0.3, 0.4) is 0 Å². The maximum atomic E-state index is 13.7. The molecular formula is C13H8Cl2FNO2S. The van der Waals surface area contributed by atoms with Crippen LogP contribution in [0.4, 0.5) is 10.1 Å². The molecular weight excluding hydrogens is 324 g/mol. The van der Waals surface area contributed by atoms with E-state index in [-0.39, 0.29) is 5.69 Å². The summed E-state index contributed by atoms with van der Waals surface area (Å²) < 4.78 is 13.7. The first-order valence-electron chi connectivity index (χ1n) is 5.33. The van der Waals surface area contributed by atoms with Crippen LogP contribution in [0.15, 0.2) is 40.1 Å². The number of carboxylic acid groups (broad SMARTS) is 1. The Morgan fingerprint density at radius 2 is 1.90 bits per heavy atom. The van der Waals surface area contributed by atoms with Crippen LogP contribution in [0.5, 0.6) is 0 Å². The molecule has 0 saturated carbocycles. The number of nitrogen functional groups attached to an aromatic ring is 1. The van der Waals surface area contributed by atoms with Gasteiger partial charge in [-0.2, -0.15) is 0 Å². The monoisotopic (exact) mass is 331 g/mol. The number of anilines is 1. The SMILES string of the molecule is Nc1cc(C(=O)O)c(F)cc1Sc1cc(Cl)ccc1Cl. The fourth-order valence-corrected chi connectivity index (χ4v) is 2.90. The van der Waals surface area contributed by atoms with E-state index in [0.717, 1.165) is 23.9 Å². The van der Waals surface area contributed by atoms with Crippen molar-refractivity contribution in [1.29, 1.82) is 0 Å². The topological polar surface area (TPSA) is 63.3 Å². The van der Waals surface area contributed by atoms with Gasteiger partial charge in [-0.3, -0.25) is 0 Å². The van der Waals surface area contributed by atoms with Crippen molar-refractivity contribution in [1.82, 2.24) is 0 Å². The predicted molar refractivity (Wildman–Crippen MR) is 78.4 cm³/mol. The fourth-order valence-electron chi connectivity index (χ4n) is 1.50. The Morgan fingerprint density at radius 1 is 1.20 bits per heavy atom. The summed E-state index contributed by atoms with van der Waals surface area (Å²) in [7, 11) is 0. The number of nitrogens with two attached hydrogens (primary N) is 1. The van der Waals surface area contributed by atoms with E-state index in [9.17, 15) is 9.18 Å². The molecule has 0 heterocycles. The number of hydrogen-bond donors (Lipinski definition) is 2. The zero-order valence-electron chi connectivity index (χ0n) is 9.86. The summed E-state index contributed by atoms with van der Waals surface area (Å²) in [4.78, 5) is 11.8. The third kappa shape index (κ3) is 3.17. The van der Waals surface area contributed by atoms with Gasteiger partial charge < -0.3 is 10.8 Å². The van der Waals surface area contributed by atoms with Crippen molar-refractivity contribution < 1.29 is 14.3 Å². The van der Waals surface area contributed by atoms with Gasteiger partial charge in [0.2, 0.25) is 0 Å². The number of halogens is 3. The number of rotatable bonds is 3. The normalized spacial score (nSPS) is 10.6. The number of carbonyl (C=O) groups is 1. The quantitative estimate of drug-likeness (QED) is 0.809. The molecule has 20 heavy (non-hydrogen) atoms. The highest BCUT2D eigenvalue weighted by atomic mass is 35.5. The molecule has 2 aromatic rings. The van der Waals surface area contributed by atoms with Crippen LogP contribution < -0.4 is 5.73 Å².